The molecule has 3 aromatic heterocycles. The van der Waals surface area contributed by atoms with Crippen LogP contribution in [0.3, 0.4) is 0 Å². The number of ether oxygens (including phenoxy) is 1. The molecule has 0 atom stereocenters. The van der Waals surface area contributed by atoms with Crippen molar-refractivity contribution in [3.63, 3.8) is 0 Å². The molecule has 40 heavy (non-hydrogen) atoms. The van der Waals surface area contributed by atoms with Gasteiger partial charge in [-0.1, -0.05) is 55.5 Å². The Kier molecular flexibility index (Phi) is 7.18. The number of nitrogens with one attached hydrogen (secondary N) is 1. The summed E-state index contributed by atoms with van der Waals surface area (Å²) < 4.78 is 17.4. The first-order valence-electron chi connectivity index (χ1n) is 12.7. The molecule has 206 valence electrons. The van der Waals surface area contributed by atoms with Gasteiger partial charge in [0.25, 0.3) is 0 Å². The maximum Gasteiger partial charge on any atom is 0.519 e. The number of benzene rings is 2. The number of carbonyl (C=O) groups excluding carboxylic acids is 1. The van der Waals surface area contributed by atoms with Crippen molar-refractivity contribution >= 4 is 5.97 Å². The van der Waals surface area contributed by atoms with Crippen molar-refractivity contribution in [1.82, 2.24) is 30.2 Å². The molecule has 5 rings (SSSR count). The van der Waals surface area contributed by atoms with Crippen LogP contribution in [0.5, 0.6) is 0 Å². The van der Waals surface area contributed by atoms with E-state index in [-0.39, 0.29) is 30.3 Å². The van der Waals surface area contributed by atoms with E-state index >= 15 is 0 Å². The quantitative estimate of drug-likeness (QED) is 0.261. The highest BCUT2D eigenvalue weighted by Gasteiger charge is 2.33. The number of tetrazole rings is 1. The van der Waals surface area contributed by atoms with E-state index in [0.29, 0.717) is 23.8 Å². The fraction of sp³-hybridized carbons (Fsp3) is 0.286. The Bertz CT molecular complexity index is 1690. The SMILES string of the molecule is CCc1nc(C(=O)OCc2ccc(-c3ccccc3-c3nn[nH]n3)cc2)c(C(C)(C)O)n1Cc1oc(=O)oc1C. The number of aliphatic hydroxyl groups is 1. The number of hydrogen-bond acceptors (Lipinski definition) is 10. The smallest absolute Gasteiger partial charge is 0.456 e. The molecule has 0 amide bonds. The Morgan fingerprint density at radius 1 is 1.10 bits per heavy atom. The molecule has 0 saturated heterocycles. The molecular weight excluding hydrogens is 516 g/mol. The lowest BCUT2D eigenvalue weighted by Gasteiger charge is -2.21. The summed E-state index contributed by atoms with van der Waals surface area (Å²) in [6.45, 7) is 6.66. The Hall–Kier alpha value is -4.84. The van der Waals surface area contributed by atoms with E-state index in [4.69, 9.17) is 13.6 Å². The molecule has 0 fully saturated rings. The number of hydrogen-bond donors (Lipinski definition) is 2. The average molecular weight is 545 g/mol. The first-order valence-corrected chi connectivity index (χ1v) is 12.7. The molecule has 5 aromatic rings. The zero-order valence-electron chi connectivity index (χ0n) is 22.5. The fourth-order valence-corrected chi connectivity index (χ4v) is 4.57. The molecule has 0 aliphatic carbocycles. The van der Waals surface area contributed by atoms with Crippen LogP contribution in [0.25, 0.3) is 22.5 Å². The van der Waals surface area contributed by atoms with Crippen molar-refractivity contribution in [3.05, 3.63) is 93.4 Å². The minimum atomic E-state index is -1.44. The van der Waals surface area contributed by atoms with Crippen LogP contribution in [0.4, 0.5) is 0 Å². The van der Waals surface area contributed by atoms with Gasteiger partial charge in [0.1, 0.15) is 23.8 Å². The van der Waals surface area contributed by atoms with Gasteiger partial charge in [-0.05, 0) is 42.7 Å². The first-order chi connectivity index (χ1) is 19.2. The number of rotatable bonds is 9. The molecule has 0 radical (unpaired) electrons. The second-order valence-corrected chi connectivity index (χ2v) is 9.71. The number of aromatic nitrogens is 6. The number of aryl methyl sites for hydroxylation is 2. The van der Waals surface area contributed by atoms with Crippen molar-refractivity contribution in [3.8, 4) is 22.5 Å². The predicted octanol–water partition coefficient (Wildman–Crippen LogP) is 3.78. The molecule has 0 bridgehead atoms. The highest BCUT2D eigenvalue weighted by Crippen LogP contribution is 2.31. The van der Waals surface area contributed by atoms with Crippen LogP contribution >= 0.6 is 0 Å². The number of aromatic amines is 1. The lowest BCUT2D eigenvalue weighted by molar-refractivity contribution is 0.0421. The van der Waals surface area contributed by atoms with E-state index in [0.717, 1.165) is 22.3 Å². The summed E-state index contributed by atoms with van der Waals surface area (Å²) in [7, 11) is 0. The Morgan fingerprint density at radius 2 is 1.82 bits per heavy atom. The van der Waals surface area contributed by atoms with Crippen molar-refractivity contribution < 1.29 is 23.5 Å². The van der Waals surface area contributed by atoms with Crippen LogP contribution in [-0.2, 0) is 29.9 Å². The summed E-state index contributed by atoms with van der Waals surface area (Å²) in [6.07, 6.45) is 0.463. The Labute approximate surface area is 228 Å². The van der Waals surface area contributed by atoms with Gasteiger partial charge >= 0.3 is 11.8 Å². The van der Waals surface area contributed by atoms with Gasteiger partial charge in [0.2, 0.25) is 5.82 Å². The standard InChI is InChI=1S/C28H28N6O6/c1-5-22-29-23(24(28(3,4)37)34(22)14-21-16(2)39-27(36)40-21)26(35)38-15-17-10-12-18(13-11-17)19-8-6-7-9-20(19)25-30-32-33-31-25/h6-13,37H,5,14-15H2,1-4H3,(H,30,31,32,33). The van der Waals surface area contributed by atoms with E-state index in [1.54, 1.807) is 25.3 Å². The maximum absolute atomic E-state index is 13.2. The second-order valence-electron chi connectivity index (χ2n) is 9.71. The van der Waals surface area contributed by atoms with Gasteiger partial charge in [-0.3, -0.25) is 0 Å². The van der Waals surface area contributed by atoms with E-state index in [1.807, 2.05) is 55.5 Å². The summed E-state index contributed by atoms with van der Waals surface area (Å²) >= 11 is 0. The minimum absolute atomic E-state index is 0.000924. The van der Waals surface area contributed by atoms with Gasteiger partial charge in [0, 0.05) is 12.0 Å². The van der Waals surface area contributed by atoms with Crippen LogP contribution in [0.2, 0.25) is 0 Å². The fourth-order valence-electron chi connectivity index (χ4n) is 4.57. The van der Waals surface area contributed by atoms with Crippen LogP contribution in [-0.4, -0.2) is 41.3 Å². The van der Waals surface area contributed by atoms with Crippen LogP contribution in [0, 0.1) is 6.92 Å². The van der Waals surface area contributed by atoms with Gasteiger partial charge in [0.15, 0.2) is 11.5 Å². The number of nitrogens with zero attached hydrogens (tertiary/aromatic N) is 5. The van der Waals surface area contributed by atoms with Crippen LogP contribution in [0.1, 0.15) is 59.9 Å². The molecule has 0 saturated carbocycles. The number of H-pyrrole nitrogens is 1. The lowest BCUT2D eigenvalue weighted by Crippen LogP contribution is -2.25. The molecule has 3 heterocycles. The Balaban J connectivity index is 1.37. The lowest BCUT2D eigenvalue weighted by atomic mass is 9.98. The van der Waals surface area contributed by atoms with E-state index in [2.05, 4.69) is 25.6 Å². The predicted molar refractivity (Wildman–Crippen MR) is 142 cm³/mol. The first kappa shape index (κ1) is 26.8. The van der Waals surface area contributed by atoms with Gasteiger partial charge in [-0.15, -0.1) is 10.2 Å². The molecule has 2 N–H and O–H groups in total. The average Bonchev–Trinajstić information content (AvgIpc) is 3.67. The normalized spacial score (nSPS) is 11.6. The highest BCUT2D eigenvalue weighted by molar-refractivity contribution is 5.89. The molecule has 0 aliphatic heterocycles. The van der Waals surface area contributed by atoms with Gasteiger partial charge in [-0.2, -0.15) is 5.21 Å². The zero-order valence-corrected chi connectivity index (χ0v) is 22.5. The molecule has 0 spiro atoms. The zero-order chi connectivity index (χ0) is 28.4. The summed E-state index contributed by atoms with van der Waals surface area (Å²) in [5.41, 5.74) is 2.28. The van der Waals surface area contributed by atoms with Crippen molar-refractivity contribution in [2.24, 2.45) is 0 Å². The van der Waals surface area contributed by atoms with Crippen molar-refractivity contribution in [2.45, 2.75) is 52.9 Å². The van der Waals surface area contributed by atoms with Crippen LogP contribution < -0.4 is 5.82 Å². The van der Waals surface area contributed by atoms with E-state index in [9.17, 15) is 14.7 Å². The third kappa shape index (κ3) is 5.34. The molecule has 0 unspecified atom stereocenters. The number of carbonyl (C=O) groups is 1. The molecule has 12 nitrogen and oxygen atoms in total. The van der Waals surface area contributed by atoms with Crippen molar-refractivity contribution in [1.29, 1.82) is 0 Å². The van der Waals surface area contributed by atoms with E-state index < -0.39 is 17.4 Å². The van der Waals surface area contributed by atoms with E-state index in [1.165, 1.54) is 0 Å². The topological polar surface area (TPSA) is 162 Å². The van der Waals surface area contributed by atoms with Crippen molar-refractivity contribution in [2.75, 3.05) is 0 Å². The largest absolute Gasteiger partial charge is 0.519 e. The minimum Gasteiger partial charge on any atom is -0.456 e. The molecule has 12 heteroatoms. The monoisotopic (exact) mass is 544 g/mol. The molecule has 2 aromatic carbocycles. The molecular formula is C28H28N6O6. The van der Waals surface area contributed by atoms with Gasteiger partial charge in [0.05, 0.1) is 12.2 Å². The summed E-state index contributed by atoms with van der Waals surface area (Å²) in [5.74, 6) is 0.115. The third-order valence-electron chi connectivity index (χ3n) is 6.42. The Morgan fingerprint density at radius 3 is 2.42 bits per heavy atom. The van der Waals surface area contributed by atoms with Gasteiger partial charge < -0.3 is 23.2 Å². The summed E-state index contributed by atoms with van der Waals surface area (Å²) in [6, 6.07) is 15.3. The highest BCUT2D eigenvalue weighted by atomic mass is 16.6. The molecule has 0 aliphatic rings. The second kappa shape index (κ2) is 10.7. The third-order valence-corrected chi connectivity index (χ3v) is 6.42. The summed E-state index contributed by atoms with van der Waals surface area (Å²) in [5, 5.41) is 25.3. The number of esters is 1. The van der Waals surface area contributed by atoms with Crippen LogP contribution in [0.15, 0.2) is 62.2 Å². The summed E-state index contributed by atoms with van der Waals surface area (Å²) in [4.78, 5) is 29.3. The number of imidazole rings is 1. The maximum atomic E-state index is 13.2. The van der Waals surface area contributed by atoms with Gasteiger partial charge in [-0.25, -0.2) is 14.6 Å².